The maximum atomic E-state index is 12.3. The van der Waals surface area contributed by atoms with Gasteiger partial charge in [0.05, 0.1) is 13.7 Å². The van der Waals surface area contributed by atoms with Crippen LogP contribution in [0.25, 0.3) is 0 Å². The zero-order chi connectivity index (χ0) is 14.8. The number of methoxy groups -OCH3 is 1. The number of ether oxygens (including phenoxy) is 1. The summed E-state index contributed by atoms with van der Waals surface area (Å²) in [5.41, 5.74) is 0.805. The number of carbonyl (C=O) groups is 2. The SMILES string of the molecule is COc1ccc(CN2C(=O)N=C3N=CC=NC3C2=O)cc1. The summed E-state index contributed by atoms with van der Waals surface area (Å²) in [5, 5.41) is 0. The van der Waals surface area contributed by atoms with Crippen molar-refractivity contribution in [2.24, 2.45) is 15.0 Å². The quantitative estimate of drug-likeness (QED) is 0.832. The predicted molar refractivity (Wildman–Crippen MR) is 77.1 cm³/mol. The normalized spacial score (nSPS) is 20.3. The molecule has 0 spiro atoms. The standard InChI is InChI=1S/C14H12N4O3/c1-21-10-4-2-9(3-5-10)8-18-13(19)11-12(17-14(18)20)16-7-6-15-11/h2-7,11H,8H2,1H3. The van der Waals surface area contributed by atoms with Gasteiger partial charge in [-0.2, -0.15) is 4.99 Å². The third-order valence-corrected chi connectivity index (χ3v) is 3.19. The van der Waals surface area contributed by atoms with Crippen molar-refractivity contribution >= 4 is 30.2 Å². The van der Waals surface area contributed by atoms with E-state index in [9.17, 15) is 9.59 Å². The largest absolute Gasteiger partial charge is 0.497 e. The van der Waals surface area contributed by atoms with Crippen LogP contribution in [0, 0.1) is 0 Å². The third-order valence-electron chi connectivity index (χ3n) is 3.19. The summed E-state index contributed by atoms with van der Waals surface area (Å²) in [7, 11) is 1.57. The number of urea groups is 1. The van der Waals surface area contributed by atoms with E-state index < -0.39 is 18.0 Å². The summed E-state index contributed by atoms with van der Waals surface area (Å²) in [6.45, 7) is 0.147. The maximum absolute atomic E-state index is 12.3. The van der Waals surface area contributed by atoms with Crippen molar-refractivity contribution < 1.29 is 14.3 Å². The minimum absolute atomic E-state index is 0.147. The molecule has 7 nitrogen and oxygen atoms in total. The molecule has 21 heavy (non-hydrogen) atoms. The minimum atomic E-state index is -0.814. The third kappa shape index (κ3) is 2.45. The van der Waals surface area contributed by atoms with E-state index in [1.165, 1.54) is 12.4 Å². The molecule has 2 aliphatic rings. The molecule has 1 unspecified atom stereocenters. The first kappa shape index (κ1) is 13.2. The number of carbonyl (C=O) groups excluding carboxylic acids is 2. The number of aliphatic imine (C=N–C) groups is 3. The number of hydrogen-bond donors (Lipinski definition) is 0. The van der Waals surface area contributed by atoms with Crippen LogP contribution in [0.2, 0.25) is 0 Å². The van der Waals surface area contributed by atoms with E-state index in [2.05, 4.69) is 15.0 Å². The second-order valence-electron chi connectivity index (χ2n) is 4.50. The molecule has 0 bridgehead atoms. The second-order valence-corrected chi connectivity index (χ2v) is 4.50. The Morgan fingerprint density at radius 1 is 1.19 bits per heavy atom. The highest BCUT2D eigenvalue weighted by Crippen LogP contribution is 2.18. The lowest BCUT2D eigenvalue weighted by Gasteiger charge is -2.27. The Morgan fingerprint density at radius 2 is 1.95 bits per heavy atom. The van der Waals surface area contributed by atoms with Crippen molar-refractivity contribution in [1.29, 1.82) is 0 Å². The molecule has 3 rings (SSSR count). The van der Waals surface area contributed by atoms with Gasteiger partial charge in [-0.05, 0) is 17.7 Å². The summed E-state index contributed by atoms with van der Waals surface area (Å²) in [5.74, 6) is 0.453. The van der Waals surface area contributed by atoms with Crippen LogP contribution in [-0.4, -0.2) is 48.3 Å². The Bertz CT molecular complexity index is 676. The summed E-state index contributed by atoms with van der Waals surface area (Å²) < 4.78 is 5.07. The van der Waals surface area contributed by atoms with E-state index in [-0.39, 0.29) is 12.4 Å². The van der Waals surface area contributed by atoms with Crippen LogP contribution in [0.15, 0.2) is 39.2 Å². The zero-order valence-corrected chi connectivity index (χ0v) is 11.3. The molecule has 0 saturated heterocycles. The van der Waals surface area contributed by atoms with Crippen molar-refractivity contribution in [1.82, 2.24) is 4.90 Å². The lowest BCUT2D eigenvalue weighted by Crippen LogP contribution is -2.48. The number of rotatable bonds is 3. The van der Waals surface area contributed by atoms with Gasteiger partial charge >= 0.3 is 6.03 Å². The van der Waals surface area contributed by atoms with E-state index >= 15 is 0 Å². The van der Waals surface area contributed by atoms with Crippen LogP contribution in [0.3, 0.4) is 0 Å². The average Bonchev–Trinajstić information content (AvgIpc) is 2.52. The van der Waals surface area contributed by atoms with Gasteiger partial charge in [0.25, 0.3) is 5.91 Å². The number of amidine groups is 1. The molecule has 0 aliphatic carbocycles. The van der Waals surface area contributed by atoms with Gasteiger partial charge in [0.15, 0.2) is 11.9 Å². The van der Waals surface area contributed by atoms with Gasteiger partial charge in [0.2, 0.25) is 0 Å². The van der Waals surface area contributed by atoms with Crippen molar-refractivity contribution in [3.8, 4) is 5.75 Å². The lowest BCUT2D eigenvalue weighted by molar-refractivity contribution is -0.128. The van der Waals surface area contributed by atoms with Crippen LogP contribution < -0.4 is 4.74 Å². The first-order valence-corrected chi connectivity index (χ1v) is 6.32. The molecule has 3 amide bonds. The van der Waals surface area contributed by atoms with Crippen molar-refractivity contribution in [3.05, 3.63) is 29.8 Å². The molecule has 1 aromatic rings. The number of benzene rings is 1. The van der Waals surface area contributed by atoms with Gasteiger partial charge in [-0.15, -0.1) is 0 Å². The average molecular weight is 284 g/mol. The van der Waals surface area contributed by atoms with Crippen molar-refractivity contribution in [2.75, 3.05) is 7.11 Å². The maximum Gasteiger partial charge on any atom is 0.352 e. The molecule has 0 saturated carbocycles. The summed E-state index contributed by atoms with van der Waals surface area (Å²) in [6.07, 6.45) is 2.85. The molecular weight excluding hydrogens is 272 g/mol. The van der Waals surface area contributed by atoms with Gasteiger partial charge < -0.3 is 4.74 Å². The molecule has 0 radical (unpaired) electrons. The number of amides is 3. The molecular formula is C14H12N4O3. The van der Waals surface area contributed by atoms with Crippen LogP contribution in [0.4, 0.5) is 4.79 Å². The van der Waals surface area contributed by atoms with E-state index in [0.29, 0.717) is 5.75 Å². The van der Waals surface area contributed by atoms with E-state index in [4.69, 9.17) is 4.74 Å². The fourth-order valence-corrected chi connectivity index (χ4v) is 2.10. The fourth-order valence-electron chi connectivity index (χ4n) is 2.10. The molecule has 0 N–H and O–H groups in total. The van der Waals surface area contributed by atoms with Crippen molar-refractivity contribution in [3.63, 3.8) is 0 Å². The van der Waals surface area contributed by atoms with Crippen LogP contribution in [0.1, 0.15) is 5.56 Å². The van der Waals surface area contributed by atoms with Crippen molar-refractivity contribution in [2.45, 2.75) is 12.6 Å². The molecule has 1 aromatic carbocycles. The molecule has 0 fully saturated rings. The zero-order valence-electron chi connectivity index (χ0n) is 11.3. The Balaban J connectivity index is 1.83. The van der Waals surface area contributed by atoms with Gasteiger partial charge in [-0.25, -0.2) is 9.79 Å². The molecule has 0 aromatic heterocycles. The first-order valence-electron chi connectivity index (χ1n) is 6.32. The van der Waals surface area contributed by atoms with Gasteiger partial charge in [0.1, 0.15) is 5.75 Å². The minimum Gasteiger partial charge on any atom is -0.497 e. The summed E-state index contributed by atoms with van der Waals surface area (Å²) >= 11 is 0. The van der Waals surface area contributed by atoms with E-state index in [1.807, 2.05) is 0 Å². The highest BCUT2D eigenvalue weighted by molar-refractivity contribution is 6.28. The number of imide groups is 1. The second kappa shape index (κ2) is 5.28. The molecule has 106 valence electrons. The smallest absolute Gasteiger partial charge is 0.352 e. The first-order chi connectivity index (χ1) is 10.2. The number of fused-ring (bicyclic) bond motifs is 1. The molecule has 2 aliphatic heterocycles. The van der Waals surface area contributed by atoms with E-state index in [0.717, 1.165) is 10.5 Å². The highest BCUT2D eigenvalue weighted by atomic mass is 16.5. The summed E-state index contributed by atoms with van der Waals surface area (Å²) in [6, 6.07) is 5.70. The molecule has 7 heteroatoms. The Kier molecular flexibility index (Phi) is 3.31. The lowest BCUT2D eigenvalue weighted by atomic mass is 10.1. The number of hydrogen-bond acceptors (Lipinski definition) is 5. The Morgan fingerprint density at radius 3 is 2.67 bits per heavy atom. The van der Waals surface area contributed by atoms with Crippen LogP contribution in [-0.2, 0) is 11.3 Å². The Hall–Kier alpha value is -2.83. The van der Waals surface area contributed by atoms with Crippen LogP contribution >= 0.6 is 0 Å². The van der Waals surface area contributed by atoms with Gasteiger partial charge in [0, 0.05) is 12.4 Å². The fraction of sp³-hybridized carbons (Fsp3) is 0.214. The summed E-state index contributed by atoms with van der Waals surface area (Å²) in [4.78, 5) is 37.1. The predicted octanol–water partition coefficient (Wildman–Crippen LogP) is 1.08. The topological polar surface area (TPSA) is 83.7 Å². The highest BCUT2D eigenvalue weighted by Gasteiger charge is 2.37. The molecule has 1 atom stereocenters. The van der Waals surface area contributed by atoms with Gasteiger partial charge in [-0.3, -0.25) is 14.7 Å². The number of nitrogens with zero attached hydrogens (tertiary/aromatic N) is 4. The van der Waals surface area contributed by atoms with E-state index in [1.54, 1.807) is 31.4 Å². The Labute approximate surface area is 120 Å². The van der Waals surface area contributed by atoms with Gasteiger partial charge in [-0.1, -0.05) is 12.1 Å². The monoisotopic (exact) mass is 284 g/mol. The molecule has 2 heterocycles. The van der Waals surface area contributed by atoms with Crippen LogP contribution in [0.5, 0.6) is 5.75 Å².